The van der Waals surface area contributed by atoms with E-state index in [4.69, 9.17) is 5.73 Å². The molecule has 1 aliphatic heterocycles. The van der Waals surface area contributed by atoms with E-state index in [0.717, 1.165) is 12.0 Å². The Morgan fingerprint density at radius 3 is 2.64 bits per heavy atom. The second kappa shape index (κ2) is 2.46. The molecule has 0 aromatic rings. The van der Waals surface area contributed by atoms with Crippen molar-refractivity contribution in [2.45, 2.75) is 32.2 Å². The van der Waals surface area contributed by atoms with Crippen LogP contribution in [0.25, 0.3) is 0 Å². The van der Waals surface area contributed by atoms with Gasteiger partial charge in [0, 0.05) is 19.1 Å². The van der Waals surface area contributed by atoms with Gasteiger partial charge in [0.05, 0.1) is 0 Å². The van der Waals surface area contributed by atoms with Crippen molar-refractivity contribution in [3.63, 3.8) is 0 Å². The van der Waals surface area contributed by atoms with E-state index >= 15 is 0 Å². The fraction of sp³-hybridized carbons (Fsp3) is 1.00. The van der Waals surface area contributed by atoms with Crippen molar-refractivity contribution >= 4 is 0 Å². The zero-order valence-corrected chi connectivity index (χ0v) is 7.34. The van der Waals surface area contributed by atoms with Crippen LogP contribution in [0.5, 0.6) is 0 Å². The summed E-state index contributed by atoms with van der Waals surface area (Å²) >= 11 is 0. The van der Waals surface area contributed by atoms with E-state index in [-0.39, 0.29) is 0 Å². The number of likely N-dealkylation sites (tertiary alicyclic amines) is 1. The van der Waals surface area contributed by atoms with Crippen LogP contribution in [-0.4, -0.2) is 30.6 Å². The molecule has 2 fully saturated rings. The SMILES string of the molecule is C[C@H](N)CN1CCC2(CC2)C1. The molecule has 1 heterocycles. The van der Waals surface area contributed by atoms with Crippen molar-refractivity contribution < 1.29 is 0 Å². The van der Waals surface area contributed by atoms with Crippen LogP contribution < -0.4 is 5.73 Å². The van der Waals surface area contributed by atoms with Gasteiger partial charge in [0.15, 0.2) is 0 Å². The van der Waals surface area contributed by atoms with Gasteiger partial charge in [-0.25, -0.2) is 0 Å². The van der Waals surface area contributed by atoms with Crippen LogP contribution >= 0.6 is 0 Å². The molecule has 1 aliphatic carbocycles. The first-order valence-corrected chi connectivity index (χ1v) is 4.68. The molecule has 0 amide bonds. The van der Waals surface area contributed by atoms with Gasteiger partial charge in [-0.1, -0.05) is 0 Å². The molecular weight excluding hydrogens is 136 g/mol. The Bertz CT molecular complexity index is 150. The Balaban J connectivity index is 1.80. The quantitative estimate of drug-likeness (QED) is 0.638. The summed E-state index contributed by atoms with van der Waals surface area (Å²) in [5.41, 5.74) is 6.51. The Hall–Kier alpha value is -0.0800. The van der Waals surface area contributed by atoms with Gasteiger partial charge in [-0.2, -0.15) is 0 Å². The fourth-order valence-electron chi connectivity index (χ4n) is 2.18. The third-order valence-corrected chi connectivity index (χ3v) is 3.02. The van der Waals surface area contributed by atoms with Crippen LogP contribution in [0, 0.1) is 5.41 Å². The smallest absolute Gasteiger partial charge is 0.0139 e. The molecule has 1 atom stereocenters. The topological polar surface area (TPSA) is 29.3 Å². The number of hydrogen-bond donors (Lipinski definition) is 1. The average molecular weight is 154 g/mol. The lowest BCUT2D eigenvalue weighted by molar-refractivity contribution is 0.304. The molecule has 64 valence electrons. The molecule has 2 rings (SSSR count). The standard InChI is InChI=1S/C9H18N2/c1-8(10)6-11-5-4-9(7-11)2-3-9/h8H,2-7,10H2,1H3/t8-/m0/s1. The monoisotopic (exact) mass is 154 g/mol. The van der Waals surface area contributed by atoms with Crippen LogP contribution in [0.3, 0.4) is 0 Å². The minimum absolute atomic E-state index is 0.351. The van der Waals surface area contributed by atoms with Crippen molar-refractivity contribution in [2.75, 3.05) is 19.6 Å². The summed E-state index contributed by atoms with van der Waals surface area (Å²) in [4.78, 5) is 2.53. The molecule has 1 saturated carbocycles. The lowest BCUT2D eigenvalue weighted by atomic mass is 10.1. The molecule has 1 saturated heterocycles. The molecule has 0 aromatic heterocycles. The summed E-state index contributed by atoms with van der Waals surface area (Å²) in [6, 6.07) is 0.351. The highest BCUT2D eigenvalue weighted by Gasteiger charge is 2.47. The maximum atomic E-state index is 5.74. The first kappa shape index (κ1) is 7.56. The fourth-order valence-corrected chi connectivity index (χ4v) is 2.18. The first-order chi connectivity index (χ1) is 5.20. The highest BCUT2D eigenvalue weighted by molar-refractivity contribution is 5.00. The lowest BCUT2D eigenvalue weighted by Crippen LogP contribution is -2.34. The highest BCUT2D eigenvalue weighted by atomic mass is 15.2. The van der Waals surface area contributed by atoms with Crippen molar-refractivity contribution in [1.29, 1.82) is 0 Å². The molecule has 11 heavy (non-hydrogen) atoms. The third-order valence-electron chi connectivity index (χ3n) is 3.02. The van der Waals surface area contributed by atoms with Crippen molar-refractivity contribution in [3.8, 4) is 0 Å². The molecule has 0 bridgehead atoms. The number of rotatable bonds is 2. The number of nitrogens with zero attached hydrogens (tertiary/aromatic N) is 1. The van der Waals surface area contributed by atoms with Gasteiger partial charge in [0.2, 0.25) is 0 Å². The van der Waals surface area contributed by atoms with Crippen molar-refractivity contribution in [1.82, 2.24) is 4.90 Å². The van der Waals surface area contributed by atoms with Gasteiger partial charge in [0.1, 0.15) is 0 Å². The second-order valence-corrected chi connectivity index (χ2v) is 4.46. The molecule has 0 unspecified atom stereocenters. The summed E-state index contributed by atoms with van der Waals surface area (Å²) in [7, 11) is 0. The van der Waals surface area contributed by atoms with Crippen LogP contribution in [0.2, 0.25) is 0 Å². The van der Waals surface area contributed by atoms with E-state index in [9.17, 15) is 0 Å². The van der Waals surface area contributed by atoms with Gasteiger partial charge in [-0.15, -0.1) is 0 Å². The predicted octanol–water partition coefficient (Wildman–Crippen LogP) is 0.819. The maximum absolute atomic E-state index is 5.74. The molecule has 2 heteroatoms. The average Bonchev–Trinajstić information content (AvgIpc) is 2.51. The van der Waals surface area contributed by atoms with Crippen LogP contribution in [0.4, 0.5) is 0 Å². The molecule has 2 nitrogen and oxygen atoms in total. The maximum Gasteiger partial charge on any atom is 0.0139 e. The van der Waals surface area contributed by atoms with E-state index in [1.807, 2.05) is 0 Å². The zero-order valence-electron chi connectivity index (χ0n) is 7.34. The van der Waals surface area contributed by atoms with Crippen LogP contribution in [0.1, 0.15) is 26.2 Å². The third kappa shape index (κ3) is 1.57. The zero-order chi connectivity index (χ0) is 7.90. The minimum atomic E-state index is 0.351. The van der Waals surface area contributed by atoms with Gasteiger partial charge in [0.25, 0.3) is 0 Å². The van der Waals surface area contributed by atoms with Gasteiger partial charge in [-0.3, -0.25) is 0 Å². The van der Waals surface area contributed by atoms with Gasteiger partial charge in [-0.05, 0) is 38.1 Å². The largest absolute Gasteiger partial charge is 0.327 e. The molecule has 1 spiro atoms. The normalized spacial score (nSPS) is 31.1. The van der Waals surface area contributed by atoms with E-state index in [2.05, 4.69) is 11.8 Å². The highest BCUT2D eigenvalue weighted by Crippen LogP contribution is 2.52. The molecule has 2 N–H and O–H groups in total. The van der Waals surface area contributed by atoms with Gasteiger partial charge < -0.3 is 10.6 Å². The Morgan fingerprint density at radius 2 is 2.18 bits per heavy atom. The Kier molecular flexibility index (Phi) is 1.69. The minimum Gasteiger partial charge on any atom is -0.327 e. The Morgan fingerprint density at radius 1 is 1.45 bits per heavy atom. The second-order valence-electron chi connectivity index (χ2n) is 4.46. The molecule has 0 aromatic carbocycles. The summed E-state index contributed by atoms with van der Waals surface area (Å²) < 4.78 is 0. The summed E-state index contributed by atoms with van der Waals surface area (Å²) in [6.45, 7) is 5.82. The predicted molar refractivity (Wildman–Crippen MR) is 46.4 cm³/mol. The molecule has 0 radical (unpaired) electrons. The summed E-state index contributed by atoms with van der Waals surface area (Å²) in [5, 5.41) is 0. The van der Waals surface area contributed by atoms with Crippen molar-refractivity contribution in [3.05, 3.63) is 0 Å². The Labute approximate surface area is 68.7 Å². The summed E-state index contributed by atoms with van der Waals surface area (Å²) in [5.74, 6) is 0. The van der Waals surface area contributed by atoms with Crippen LogP contribution in [0.15, 0.2) is 0 Å². The van der Waals surface area contributed by atoms with E-state index in [1.165, 1.54) is 32.4 Å². The van der Waals surface area contributed by atoms with E-state index < -0.39 is 0 Å². The van der Waals surface area contributed by atoms with Gasteiger partial charge >= 0.3 is 0 Å². The molecule has 2 aliphatic rings. The van der Waals surface area contributed by atoms with E-state index in [0.29, 0.717) is 6.04 Å². The van der Waals surface area contributed by atoms with Crippen molar-refractivity contribution in [2.24, 2.45) is 11.1 Å². The number of nitrogens with two attached hydrogens (primary N) is 1. The molecular formula is C9H18N2. The number of hydrogen-bond acceptors (Lipinski definition) is 2. The van der Waals surface area contributed by atoms with E-state index in [1.54, 1.807) is 0 Å². The van der Waals surface area contributed by atoms with Crippen LogP contribution in [-0.2, 0) is 0 Å². The lowest BCUT2D eigenvalue weighted by Gasteiger charge is -2.17. The summed E-state index contributed by atoms with van der Waals surface area (Å²) in [6.07, 6.45) is 4.38. The first-order valence-electron chi connectivity index (χ1n) is 4.68.